The summed E-state index contributed by atoms with van der Waals surface area (Å²) in [4.78, 5) is 0. The lowest BCUT2D eigenvalue weighted by Crippen LogP contribution is -2.39. The van der Waals surface area contributed by atoms with Crippen LogP contribution in [0.25, 0.3) is 0 Å². The minimum atomic E-state index is -0.632. The molecule has 0 amide bonds. The van der Waals surface area contributed by atoms with Crippen LogP contribution >= 0.6 is 0 Å². The zero-order valence-electron chi connectivity index (χ0n) is 11.1. The van der Waals surface area contributed by atoms with Gasteiger partial charge in [-0.1, -0.05) is 45.0 Å². The second-order valence-corrected chi connectivity index (χ2v) is 6.11. The lowest BCUT2D eigenvalue weighted by atomic mass is 9.80. The van der Waals surface area contributed by atoms with Gasteiger partial charge in [-0.2, -0.15) is 0 Å². The monoisotopic (exact) mass is 233 g/mol. The Hall–Kier alpha value is -0.860. The van der Waals surface area contributed by atoms with Crippen LogP contribution in [0.2, 0.25) is 0 Å². The number of nitrogens with one attached hydrogen (secondary N) is 1. The van der Waals surface area contributed by atoms with E-state index in [1.807, 2.05) is 0 Å². The van der Waals surface area contributed by atoms with Gasteiger partial charge in [-0.3, -0.25) is 0 Å². The molecule has 2 rings (SSSR count). The zero-order chi connectivity index (χ0) is 12.5. The number of rotatable bonds is 1. The van der Waals surface area contributed by atoms with E-state index in [9.17, 15) is 5.11 Å². The van der Waals surface area contributed by atoms with Crippen LogP contribution in [0.15, 0.2) is 24.3 Å². The van der Waals surface area contributed by atoms with Gasteiger partial charge >= 0.3 is 0 Å². The molecule has 94 valence electrons. The average molecular weight is 233 g/mol. The summed E-state index contributed by atoms with van der Waals surface area (Å²) in [7, 11) is 0. The highest BCUT2D eigenvalue weighted by Gasteiger charge is 2.31. The predicted molar refractivity (Wildman–Crippen MR) is 71.1 cm³/mol. The van der Waals surface area contributed by atoms with E-state index >= 15 is 0 Å². The highest BCUT2D eigenvalue weighted by Crippen LogP contribution is 2.33. The summed E-state index contributed by atoms with van der Waals surface area (Å²) in [5.74, 6) is 0. The molecule has 2 heteroatoms. The smallest absolute Gasteiger partial charge is 0.0920 e. The number of hydrogen-bond donors (Lipinski definition) is 2. The quantitative estimate of drug-likeness (QED) is 0.781. The van der Waals surface area contributed by atoms with Gasteiger partial charge in [-0.05, 0) is 42.5 Å². The summed E-state index contributed by atoms with van der Waals surface area (Å²) in [5.41, 5.74) is 1.87. The lowest BCUT2D eigenvalue weighted by Gasteiger charge is -2.34. The number of hydrogen-bond acceptors (Lipinski definition) is 2. The van der Waals surface area contributed by atoms with E-state index < -0.39 is 5.60 Å². The standard InChI is InChI=1S/C15H23NO/c1-14(2,3)12-5-4-6-13(11-12)15(17)7-9-16-10-8-15/h4-6,11,16-17H,7-10H2,1-3H3. The van der Waals surface area contributed by atoms with E-state index in [0.717, 1.165) is 31.5 Å². The summed E-state index contributed by atoms with van der Waals surface area (Å²) in [6.07, 6.45) is 1.61. The van der Waals surface area contributed by atoms with Gasteiger partial charge < -0.3 is 10.4 Å². The van der Waals surface area contributed by atoms with Gasteiger partial charge in [0, 0.05) is 0 Å². The van der Waals surface area contributed by atoms with Crippen molar-refractivity contribution in [3.05, 3.63) is 35.4 Å². The van der Waals surface area contributed by atoms with Gasteiger partial charge in [0.15, 0.2) is 0 Å². The Morgan fingerprint density at radius 2 is 1.82 bits per heavy atom. The Morgan fingerprint density at radius 1 is 1.18 bits per heavy atom. The van der Waals surface area contributed by atoms with Crippen molar-refractivity contribution in [1.29, 1.82) is 0 Å². The minimum absolute atomic E-state index is 0.138. The van der Waals surface area contributed by atoms with Crippen LogP contribution in [0.3, 0.4) is 0 Å². The summed E-state index contributed by atoms with van der Waals surface area (Å²) in [6, 6.07) is 8.44. The molecule has 0 aliphatic carbocycles. The first-order valence-electron chi connectivity index (χ1n) is 6.46. The predicted octanol–water partition coefficient (Wildman–Crippen LogP) is 2.56. The summed E-state index contributed by atoms with van der Waals surface area (Å²) >= 11 is 0. The lowest BCUT2D eigenvalue weighted by molar-refractivity contribution is 0.00583. The third kappa shape index (κ3) is 2.70. The molecule has 1 fully saturated rings. The van der Waals surface area contributed by atoms with E-state index in [2.05, 4.69) is 50.4 Å². The molecule has 2 nitrogen and oxygen atoms in total. The molecule has 0 saturated carbocycles. The molecule has 0 unspecified atom stereocenters. The topological polar surface area (TPSA) is 32.3 Å². The van der Waals surface area contributed by atoms with E-state index in [1.54, 1.807) is 0 Å². The molecular formula is C15H23NO. The normalized spacial score (nSPS) is 20.2. The molecule has 17 heavy (non-hydrogen) atoms. The van der Waals surface area contributed by atoms with Crippen LogP contribution in [0.1, 0.15) is 44.7 Å². The maximum Gasteiger partial charge on any atom is 0.0920 e. The van der Waals surface area contributed by atoms with Crippen molar-refractivity contribution < 1.29 is 5.11 Å². The zero-order valence-corrected chi connectivity index (χ0v) is 11.1. The third-order valence-corrected chi connectivity index (χ3v) is 3.70. The Balaban J connectivity index is 2.32. The van der Waals surface area contributed by atoms with Crippen molar-refractivity contribution in [2.45, 2.75) is 44.6 Å². The van der Waals surface area contributed by atoms with E-state index in [-0.39, 0.29) is 5.41 Å². The fourth-order valence-corrected chi connectivity index (χ4v) is 2.40. The molecule has 1 aromatic rings. The van der Waals surface area contributed by atoms with Crippen LogP contribution in [-0.2, 0) is 11.0 Å². The molecule has 0 radical (unpaired) electrons. The third-order valence-electron chi connectivity index (χ3n) is 3.70. The summed E-state index contributed by atoms with van der Waals surface area (Å²) in [5, 5.41) is 14.0. The second-order valence-electron chi connectivity index (χ2n) is 6.11. The SMILES string of the molecule is CC(C)(C)c1cccc(C2(O)CCNCC2)c1. The molecule has 2 N–H and O–H groups in total. The van der Waals surface area contributed by atoms with E-state index in [1.165, 1.54) is 5.56 Å². The van der Waals surface area contributed by atoms with Gasteiger partial charge in [0.1, 0.15) is 0 Å². The second kappa shape index (κ2) is 4.43. The molecule has 1 aromatic carbocycles. The van der Waals surface area contributed by atoms with Crippen molar-refractivity contribution in [2.75, 3.05) is 13.1 Å². The largest absolute Gasteiger partial charge is 0.385 e. The van der Waals surface area contributed by atoms with Crippen molar-refractivity contribution >= 4 is 0 Å². The molecular weight excluding hydrogens is 210 g/mol. The first-order valence-corrected chi connectivity index (χ1v) is 6.46. The number of aliphatic hydroxyl groups is 1. The van der Waals surface area contributed by atoms with Crippen LogP contribution in [0, 0.1) is 0 Å². The molecule has 0 aromatic heterocycles. The molecule has 1 saturated heterocycles. The van der Waals surface area contributed by atoms with Crippen LogP contribution in [0.4, 0.5) is 0 Å². The van der Waals surface area contributed by atoms with Crippen molar-refractivity contribution in [3.63, 3.8) is 0 Å². The van der Waals surface area contributed by atoms with Crippen LogP contribution < -0.4 is 5.32 Å². The van der Waals surface area contributed by atoms with E-state index in [4.69, 9.17) is 0 Å². The first kappa shape index (κ1) is 12.6. The van der Waals surface area contributed by atoms with Crippen LogP contribution in [-0.4, -0.2) is 18.2 Å². The van der Waals surface area contributed by atoms with Gasteiger partial charge in [0.2, 0.25) is 0 Å². The van der Waals surface area contributed by atoms with Gasteiger partial charge in [0.25, 0.3) is 0 Å². The maximum absolute atomic E-state index is 10.7. The Morgan fingerprint density at radius 3 is 2.41 bits per heavy atom. The fourth-order valence-electron chi connectivity index (χ4n) is 2.40. The summed E-state index contributed by atoms with van der Waals surface area (Å²) < 4.78 is 0. The Bertz CT molecular complexity index is 386. The first-order chi connectivity index (χ1) is 7.92. The van der Waals surface area contributed by atoms with Gasteiger partial charge in [-0.15, -0.1) is 0 Å². The summed E-state index contributed by atoms with van der Waals surface area (Å²) in [6.45, 7) is 8.42. The maximum atomic E-state index is 10.7. The van der Waals surface area contributed by atoms with Gasteiger partial charge in [-0.25, -0.2) is 0 Å². The molecule has 0 atom stereocenters. The Kier molecular flexibility index (Phi) is 3.28. The highest BCUT2D eigenvalue weighted by molar-refractivity contribution is 5.32. The minimum Gasteiger partial charge on any atom is -0.385 e. The number of benzene rings is 1. The highest BCUT2D eigenvalue weighted by atomic mass is 16.3. The molecule has 1 aliphatic heterocycles. The van der Waals surface area contributed by atoms with Crippen molar-refractivity contribution in [2.24, 2.45) is 0 Å². The molecule has 0 spiro atoms. The fraction of sp³-hybridized carbons (Fsp3) is 0.600. The van der Waals surface area contributed by atoms with Crippen LogP contribution in [0.5, 0.6) is 0 Å². The molecule has 1 heterocycles. The number of piperidine rings is 1. The molecule has 0 bridgehead atoms. The Labute approximate surface area is 104 Å². The van der Waals surface area contributed by atoms with Crippen molar-refractivity contribution in [1.82, 2.24) is 5.32 Å². The van der Waals surface area contributed by atoms with Gasteiger partial charge in [0.05, 0.1) is 5.60 Å². The molecule has 1 aliphatic rings. The van der Waals surface area contributed by atoms with Crippen molar-refractivity contribution in [3.8, 4) is 0 Å². The average Bonchev–Trinajstić information content (AvgIpc) is 2.29. The van der Waals surface area contributed by atoms with E-state index in [0.29, 0.717) is 0 Å².